The molecule has 0 saturated carbocycles. The maximum Gasteiger partial charge on any atom is 0.308 e. The molecule has 3 aromatic rings. The van der Waals surface area contributed by atoms with Crippen molar-refractivity contribution in [3.8, 4) is 11.5 Å². The summed E-state index contributed by atoms with van der Waals surface area (Å²) in [6.07, 6.45) is 0.207. The second kappa shape index (κ2) is 10.8. The van der Waals surface area contributed by atoms with Crippen LogP contribution in [-0.4, -0.2) is 24.9 Å². The Morgan fingerprint density at radius 1 is 0.906 bits per heavy atom. The van der Waals surface area contributed by atoms with Gasteiger partial charge in [-0.1, -0.05) is 36.4 Å². The summed E-state index contributed by atoms with van der Waals surface area (Å²) >= 11 is 0. The van der Waals surface area contributed by atoms with Crippen molar-refractivity contribution >= 4 is 23.5 Å². The number of benzene rings is 3. The highest BCUT2D eigenvalue weighted by Crippen LogP contribution is 2.18. The minimum absolute atomic E-state index is 0.133. The van der Waals surface area contributed by atoms with E-state index >= 15 is 0 Å². The topological polar surface area (TPSA) is 93.7 Å². The number of amides is 2. The minimum atomic E-state index is -0.456. The Labute approximate surface area is 186 Å². The highest BCUT2D eigenvalue weighted by atomic mass is 16.5. The van der Waals surface area contributed by atoms with Crippen LogP contribution in [0.3, 0.4) is 0 Å². The lowest BCUT2D eigenvalue weighted by molar-refractivity contribution is -0.131. The van der Waals surface area contributed by atoms with E-state index in [9.17, 15) is 14.4 Å². The van der Waals surface area contributed by atoms with Crippen LogP contribution in [0.1, 0.15) is 28.4 Å². The van der Waals surface area contributed by atoms with Crippen molar-refractivity contribution in [2.45, 2.75) is 19.9 Å². The predicted molar refractivity (Wildman–Crippen MR) is 121 cm³/mol. The number of anilines is 1. The molecule has 0 aliphatic heterocycles. The smallest absolute Gasteiger partial charge is 0.308 e. The summed E-state index contributed by atoms with van der Waals surface area (Å²) in [6, 6.07) is 21.0. The molecule has 0 heterocycles. The first-order valence-electron chi connectivity index (χ1n) is 10.0. The molecule has 0 radical (unpaired) electrons. The average molecular weight is 432 g/mol. The Morgan fingerprint density at radius 3 is 2.47 bits per heavy atom. The van der Waals surface area contributed by atoms with Crippen LogP contribution < -0.4 is 20.1 Å². The van der Waals surface area contributed by atoms with Crippen LogP contribution in [0.2, 0.25) is 0 Å². The summed E-state index contributed by atoms with van der Waals surface area (Å²) in [4.78, 5) is 36.0. The summed E-state index contributed by atoms with van der Waals surface area (Å²) in [5, 5.41) is 5.69. The second-order valence-corrected chi connectivity index (χ2v) is 7.04. The summed E-state index contributed by atoms with van der Waals surface area (Å²) in [5.41, 5.74) is 2.60. The van der Waals surface area contributed by atoms with E-state index in [0.29, 0.717) is 29.3 Å². The van der Waals surface area contributed by atoms with E-state index in [1.165, 1.54) is 13.0 Å². The summed E-state index contributed by atoms with van der Waals surface area (Å²) in [6.45, 7) is 1.62. The third-order valence-corrected chi connectivity index (χ3v) is 4.58. The van der Waals surface area contributed by atoms with Gasteiger partial charge < -0.3 is 20.1 Å². The zero-order chi connectivity index (χ0) is 22.9. The summed E-state index contributed by atoms with van der Waals surface area (Å²) in [7, 11) is 1.57. The zero-order valence-corrected chi connectivity index (χ0v) is 17.9. The molecule has 0 fully saturated rings. The third kappa shape index (κ3) is 6.43. The highest BCUT2D eigenvalue weighted by Gasteiger charge is 2.10. The maximum atomic E-state index is 12.6. The monoisotopic (exact) mass is 432 g/mol. The van der Waals surface area contributed by atoms with E-state index in [1.54, 1.807) is 43.5 Å². The van der Waals surface area contributed by atoms with Crippen LogP contribution in [-0.2, 0) is 22.6 Å². The van der Waals surface area contributed by atoms with Gasteiger partial charge in [-0.15, -0.1) is 0 Å². The molecule has 0 atom stereocenters. The fourth-order valence-corrected chi connectivity index (χ4v) is 3.11. The molecule has 0 aliphatic carbocycles. The van der Waals surface area contributed by atoms with Gasteiger partial charge in [0.15, 0.2) is 0 Å². The van der Waals surface area contributed by atoms with E-state index in [-0.39, 0.29) is 18.2 Å². The highest BCUT2D eigenvalue weighted by molar-refractivity contribution is 6.04. The second-order valence-electron chi connectivity index (χ2n) is 7.04. The molecule has 0 aliphatic rings. The number of carbonyl (C=O) groups is 3. The summed E-state index contributed by atoms with van der Waals surface area (Å²) in [5.74, 6) is 0.0485. The number of carbonyl (C=O) groups excluding carboxylic acids is 3. The maximum absolute atomic E-state index is 12.6. The Kier molecular flexibility index (Phi) is 7.59. The average Bonchev–Trinajstić information content (AvgIpc) is 2.78. The first kappa shape index (κ1) is 22.6. The van der Waals surface area contributed by atoms with Crippen molar-refractivity contribution in [1.29, 1.82) is 0 Å². The van der Waals surface area contributed by atoms with E-state index in [1.807, 2.05) is 30.3 Å². The molecule has 164 valence electrons. The Bertz CT molecular complexity index is 1130. The number of rotatable bonds is 8. The van der Waals surface area contributed by atoms with Crippen molar-refractivity contribution < 1.29 is 23.9 Å². The van der Waals surface area contributed by atoms with Crippen molar-refractivity contribution in [3.63, 3.8) is 0 Å². The van der Waals surface area contributed by atoms with Gasteiger partial charge in [-0.05, 0) is 42.0 Å². The number of hydrogen-bond donors (Lipinski definition) is 2. The summed E-state index contributed by atoms with van der Waals surface area (Å²) < 4.78 is 10.3. The number of ether oxygens (including phenoxy) is 2. The molecular weight excluding hydrogens is 408 g/mol. The minimum Gasteiger partial charge on any atom is -0.496 e. The molecule has 0 unspecified atom stereocenters. The molecular formula is C25H24N2O5. The van der Waals surface area contributed by atoms with Crippen LogP contribution in [0.4, 0.5) is 5.69 Å². The van der Waals surface area contributed by atoms with Crippen LogP contribution in [0.25, 0.3) is 0 Å². The third-order valence-electron chi connectivity index (χ3n) is 4.58. The molecule has 2 amide bonds. The van der Waals surface area contributed by atoms with Gasteiger partial charge in [-0.2, -0.15) is 0 Å². The molecule has 0 spiro atoms. The van der Waals surface area contributed by atoms with E-state index in [0.717, 1.165) is 11.1 Å². The number of methoxy groups -OCH3 is 1. The molecule has 0 saturated heterocycles. The lowest BCUT2D eigenvalue weighted by Gasteiger charge is -2.11. The van der Waals surface area contributed by atoms with Crippen molar-refractivity contribution in [1.82, 2.24) is 5.32 Å². The standard InChI is InChI=1S/C25H24N2O5/c1-17(28)32-22-11-6-9-20(14-22)25(30)27-21-10-5-7-18(13-21)16-26-24(29)15-19-8-3-4-12-23(19)31-2/h3-14H,15-16H2,1-2H3,(H,26,29)(H,27,30). The molecule has 2 N–H and O–H groups in total. The van der Waals surface area contributed by atoms with Gasteiger partial charge >= 0.3 is 5.97 Å². The van der Waals surface area contributed by atoms with Crippen LogP contribution in [0, 0.1) is 0 Å². The molecule has 0 aromatic heterocycles. The lowest BCUT2D eigenvalue weighted by Crippen LogP contribution is -2.24. The van der Waals surface area contributed by atoms with Gasteiger partial charge in [0, 0.05) is 30.3 Å². The van der Waals surface area contributed by atoms with Crippen LogP contribution in [0.15, 0.2) is 72.8 Å². The van der Waals surface area contributed by atoms with Crippen molar-refractivity contribution in [3.05, 3.63) is 89.5 Å². The van der Waals surface area contributed by atoms with Gasteiger partial charge in [0.25, 0.3) is 5.91 Å². The molecule has 7 nitrogen and oxygen atoms in total. The van der Waals surface area contributed by atoms with Gasteiger partial charge in [0.2, 0.25) is 5.91 Å². The van der Waals surface area contributed by atoms with E-state index in [4.69, 9.17) is 9.47 Å². The van der Waals surface area contributed by atoms with Gasteiger partial charge in [-0.25, -0.2) is 0 Å². The van der Waals surface area contributed by atoms with Crippen molar-refractivity contribution in [2.75, 3.05) is 12.4 Å². The normalized spacial score (nSPS) is 10.2. The fraction of sp³-hybridized carbons (Fsp3) is 0.160. The number of esters is 1. The lowest BCUT2D eigenvalue weighted by atomic mass is 10.1. The molecule has 3 aromatic carbocycles. The van der Waals surface area contributed by atoms with E-state index < -0.39 is 5.97 Å². The zero-order valence-electron chi connectivity index (χ0n) is 17.9. The van der Waals surface area contributed by atoms with Crippen molar-refractivity contribution in [2.24, 2.45) is 0 Å². The first-order chi connectivity index (χ1) is 15.4. The Balaban J connectivity index is 1.59. The van der Waals surface area contributed by atoms with Crippen LogP contribution >= 0.6 is 0 Å². The SMILES string of the molecule is COc1ccccc1CC(=O)NCc1cccc(NC(=O)c2cccc(OC(C)=O)c2)c1. The first-order valence-corrected chi connectivity index (χ1v) is 10.0. The predicted octanol–water partition coefficient (Wildman–Crippen LogP) is 3.73. The number of nitrogens with one attached hydrogen (secondary N) is 2. The molecule has 3 rings (SSSR count). The number of para-hydroxylation sites is 1. The Morgan fingerprint density at radius 2 is 1.69 bits per heavy atom. The molecule has 0 bridgehead atoms. The van der Waals surface area contributed by atoms with E-state index in [2.05, 4.69) is 10.6 Å². The Hall–Kier alpha value is -4.13. The largest absolute Gasteiger partial charge is 0.496 e. The molecule has 32 heavy (non-hydrogen) atoms. The number of hydrogen-bond acceptors (Lipinski definition) is 5. The van der Waals surface area contributed by atoms with Gasteiger partial charge in [-0.3, -0.25) is 14.4 Å². The van der Waals surface area contributed by atoms with Gasteiger partial charge in [0.05, 0.1) is 13.5 Å². The van der Waals surface area contributed by atoms with Gasteiger partial charge in [0.1, 0.15) is 11.5 Å². The quantitative estimate of drug-likeness (QED) is 0.418. The van der Waals surface area contributed by atoms with Crippen LogP contribution in [0.5, 0.6) is 11.5 Å². The fourth-order valence-electron chi connectivity index (χ4n) is 3.11. The molecule has 7 heteroatoms.